The molecule has 3 rings (SSSR count). The molecule has 1 N–H and O–H groups in total. The first kappa shape index (κ1) is 20.1. The number of aryl methyl sites for hydroxylation is 1. The fraction of sp³-hybridized carbons (Fsp3) is 0.182. The Morgan fingerprint density at radius 2 is 1.75 bits per heavy atom. The molecule has 0 aliphatic rings. The highest BCUT2D eigenvalue weighted by atomic mass is 35.5. The minimum Gasteiger partial charge on any atom is -0.462 e. The van der Waals surface area contributed by atoms with Gasteiger partial charge < -0.3 is 10.1 Å². The predicted octanol–water partition coefficient (Wildman–Crippen LogP) is 5.85. The highest BCUT2D eigenvalue weighted by Crippen LogP contribution is 2.36. The molecule has 144 valence electrons. The van der Waals surface area contributed by atoms with Crippen LogP contribution in [0, 0.1) is 6.92 Å². The Kier molecular flexibility index (Phi) is 6.49. The Hall–Kier alpha value is -2.63. The lowest BCUT2D eigenvalue weighted by Crippen LogP contribution is -2.15. The average molecular weight is 414 g/mol. The van der Waals surface area contributed by atoms with Crippen molar-refractivity contribution in [3.8, 4) is 11.1 Å². The van der Waals surface area contributed by atoms with Gasteiger partial charge in [0.2, 0.25) is 0 Å². The monoisotopic (exact) mass is 413 g/mol. The molecule has 0 aliphatic carbocycles. The van der Waals surface area contributed by atoms with E-state index in [-0.39, 0.29) is 18.9 Å². The highest BCUT2D eigenvalue weighted by molar-refractivity contribution is 7.15. The zero-order valence-corrected chi connectivity index (χ0v) is 17.2. The van der Waals surface area contributed by atoms with E-state index < -0.39 is 5.97 Å². The number of Topliss-reactive ketones (excluding diaryl/α,β-unsaturated/α-hetero) is 1. The van der Waals surface area contributed by atoms with E-state index in [4.69, 9.17) is 16.3 Å². The van der Waals surface area contributed by atoms with Crippen LogP contribution in [0.25, 0.3) is 11.1 Å². The molecule has 0 spiro atoms. The molecule has 0 radical (unpaired) electrons. The Balaban J connectivity index is 1.85. The van der Waals surface area contributed by atoms with Gasteiger partial charge in [-0.1, -0.05) is 41.4 Å². The molecule has 1 aromatic heterocycles. The van der Waals surface area contributed by atoms with Crippen LogP contribution < -0.4 is 5.32 Å². The van der Waals surface area contributed by atoms with E-state index >= 15 is 0 Å². The number of esters is 1. The number of carbonyl (C=O) groups is 2. The standard InChI is InChI=1S/C22H20ClNO3S/c1-3-27-22(26)20-18(15-6-4-14(2)5-7-15)13-28-21(20)24-12-19(25)16-8-10-17(23)11-9-16/h4-11,13,24H,3,12H2,1-2H3. The van der Waals surface area contributed by atoms with Crippen LogP contribution in [0.3, 0.4) is 0 Å². The number of hydrogen-bond donors (Lipinski definition) is 1. The third kappa shape index (κ3) is 4.61. The predicted molar refractivity (Wildman–Crippen MR) is 115 cm³/mol. The zero-order chi connectivity index (χ0) is 20.1. The number of carbonyl (C=O) groups excluding carboxylic acids is 2. The second kappa shape index (κ2) is 9.04. The van der Waals surface area contributed by atoms with Gasteiger partial charge in [-0.3, -0.25) is 4.79 Å². The zero-order valence-electron chi connectivity index (χ0n) is 15.6. The van der Waals surface area contributed by atoms with Crippen LogP contribution in [0.15, 0.2) is 53.9 Å². The SMILES string of the molecule is CCOC(=O)c1c(-c2ccc(C)cc2)csc1NCC(=O)c1ccc(Cl)cc1. The minimum atomic E-state index is -0.402. The number of rotatable bonds is 7. The number of anilines is 1. The molecule has 0 unspecified atom stereocenters. The molecule has 2 aromatic carbocycles. The molecule has 3 aromatic rings. The summed E-state index contributed by atoms with van der Waals surface area (Å²) < 4.78 is 5.25. The van der Waals surface area contributed by atoms with Gasteiger partial charge in [-0.25, -0.2) is 4.79 Å². The van der Waals surface area contributed by atoms with Crippen molar-refractivity contribution in [1.29, 1.82) is 0 Å². The summed E-state index contributed by atoms with van der Waals surface area (Å²) >= 11 is 7.25. The molecule has 6 heteroatoms. The summed E-state index contributed by atoms with van der Waals surface area (Å²) in [6.07, 6.45) is 0. The first-order valence-electron chi connectivity index (χ1n) is 8.88. The molecule has 0 atom stereocenters. The number of thiophene rings is 1. The largest absolute Gasteiger partial charge is 0.462 e. The molecule has 0 amide bonds. The van der Waals surface area contributed by atoms with Crippen molar-refractivity contribution in [2.45, 2.75) is 13.8 Å². The van der Waals surface area contributed by atoms with Gasteiger partial charge in [-0.15, -0.1) is 11.3 Å². The summed E-state index contributed by atoms with van der Waals surface area (Å²) in [5, 5.41) is 6.21. The molecule has 0 bridgehead atoms. The Bertz CT molecular complexity index is 978. The van der Waals surface area contributed by atoms with Gasteiger partial charge in [0.1, 0.15) is 10.6 Å². The Morgan fingerprint density at radius 3 is 2.39 bits per heavy atom. The molecule has 0 fully saturated rings. The average Bonchev–Trinajstić information content (AvgIpc) is 3.11. The van der Waals surface area contributed by atoms with Crippen LogP contribution in [-0.2, 0) is 4.74 Å². The van der Waals surface area contributed by atoms with Crippen molar-refractivity contribution in [2.24, 2.45) is 0 Å². The summed E-state index contributed by atoms with van der Waals surface area (Å²) in [6.45, 7) is 4.14. The molecule has 1 heterocycles. The lowest BCUT2D eigenvalue weighted by molar-refractivity contribution is 0.0528. The lowest BCUT2D eigenvalue weighted by Gasteiger charge is -2.09. The van der Waals surface area contributed by atoms with E-state index in [1.807, 2.05) is 36.6 Å². The molecular formula is C22H20ClNO3S. The normalized spacial score (nSPS) is 10.5. The number of nitrogens with one attached hydrogen (secondary N) is 1. The van der Waals surface area contributed by atoms with Crippen molar-refractivity contribution in [3.63, 3.8) is 0 Å². The summed E-state index contributed by atoms with van der Waals surface area (Å²) in [5.74, 6) is -0.488. The van der Waals surface area contributed by atoms with Gasteiger partial charge in [0.05, 0.1) is 13.2 Å². The number of ketones is 1. The Labute approximate surface area is 173 Å². The van der Waals surface area contributed by atoms with Crippen LogP contribution in [0.4, 0.5) is 5.00 Å². The van der Waals surface area contributed by atoms with Crippen molar-refractivity contribution < 1.29 is 14.3 Å². The van der Waals surface area contributed by atoms with Crippen LogP contribution >= 0.6 is 22.9 Å². The Morgan fingerprint density at radius 1 is 1.07 bits per heavy atom. The first-order valence-corrected chi connectivity index (χ1v) is 10.1. The van der Waals surface area contributed by atoms with Gasteiger partial charge in [0, 0.05) is 21.5 Å². The van der Waals surface area contributed by atoms with Gasteiger partial charge in [0.25, 0.3) is 0 Å². The first-order chi connectivity index (χ1) is 13.5. The summed E-state index contributed by atoms with van der Waals surface area (Å²) in [7, 11) is 0. The van der Waals surface area contributed by atoms with Crippen LogP contribution in [0.1, 0.15) is 33.2 Å². The molecular weight excluding hydrogens is 394 g/mol. The fourth-order valence-electron chi connectivity index (χ4n) is 2.74. The quantitative estimate of drug-likeness (QED) is 0.390. The maximum Gasteiger partial charge on any atom is 0.341 e. The number of ether oxygens (including phenoxy) is 1. The summed E-state index contributed by atoms with van der Waals surface area (Å²) in [5.41, 5.74) is 3.89. The number of benzene rings is 2. The minimum absolute atomic E-state index is 0.0713. The van der Waals surface area contributed by atoms with E-state index in [1.54, 1.807) is 31.2 Å². The topological polar surface area (TPSA) is 55.4 Å². The van der Waals surface area contributed by atoms with Crippen molar-refractivity contribution in [1.82, 2.24) is 0 Å². The number of halogens is 1. The number of hydrogen-bond acceptors (Lipinski definition) is 5. The fourth-order valence-corrected chi connectivity index (χ4v) is 3.82. The smallest absolute Gasteiger partial charge is 0.341 e. The van der Waals surface area contributed by atoms with Crippen molar-refractivity contribution >= 4 is 39.7 Å². The van der Waals surface area contributed by atoms with Crippen molar-refractivity contribution in [2.75, 3.05) is 18.5 Å². The van der Waals surface area contributed by atoms with Gasteiger partial charge in [-0.05, 0) is 43.7 Å². The van der Waals surface area contributed by atoms with E-state index in [2.05, 4.69) is 5.32 Å². The van der Waals surface area contributed by atoms with E-state index in [0.29, 0.717) is 21.2 Å². The van der Waals surface area contributed by atoms with Crippen LogP contribution in [-0.4, -0.2) is 24.9 Å². The van der Waals surface area contributed by atoms with Gasteiger partial charge in [-0.2, -0.15) is 0 Å². The second-order valence-corrected chi connectivity index (χ2v) is 7.54. The molecule has 0 aliphatic heterocycles. The molecule has 4 nitrogen and oxygen atoms in total. The van der Waals surface area contributed by atoms with Gasteiger partial charge >= 0.3 is 5.97 Å². The third-order valence-corrected chi connectivity index (χ3v) is 5.40. The van der Waals surface area contributed by atoms with Crippen molar-refractivity contribution in [3.05, 3.63) is 75.6 Å². The van der Waals surface area contributed by atoms with Gasteiger partial charge in [0.15, 0.2) is 5.78 Å². The highest BCUT2D eigenvalue weighted by Gasteiger charge is 2.22. The van der Waals surface area contributed by atoms with E-state index in [0.717, 1.165) is 16.7 Å². The summed E-state index contributed by atoms with van der Waals surface area (Å²) in [6, 6.07) is 14.7. The van der Waals surface area contributed by atoms with E-state index in [1.165, 1.54) is 11.3 Å². The summed E-state index contributed by atoms with van der Waals surface area (Å²) in [4.78, 5) is 25.0. The maximum atomic E-state index is 12.6. The molecule has 28 heavy (non-hydrogen) atoms. The molecule has 0 saturated carbocycles. The van der Waals surface area contributed by atoms with Crippen LogP contribution in [0.2, 0.25) is 5.02 Å². The van der Waals surface area contributed by atoms with Crippen LogP contribution in [0.5, 0.6) is 0 Å². The lowest BCUT2D eigenvalue weighted by atomic mass is 10.0. The molecule has 0 saturated heterocycles. The maximum absolute atomic E-state index is 12.6. The second-order valence-electron chi connectivity index (χ2n) is 6.22. The third-order valence-electron chi connectivity index (χ3n) is 4.21. The van der Waals surface area contributed by atoms with E-state index in [9.17, 15) is 9.59 Å².